The summed E-state index contributed by atoms with van der Waals surface area (Å²) in [4.78, 5) is 11.9. The number of hydrogen-bond donors (Lipinski definition) is 1. The van der Waals surface area contributed by atoms with Crippen LogP contribution in [0.15, 0.2) is 18.2 Å². The van der Waals surface area contributed by atoms with Gasteiger partial charge in [0.1, 0.15) is 24.5 Å². The van der Waals surface area contributed by atoms with Gasteiger partial charge in [0.25, 0.3) is 0 Å². The van der Waals surface area contributed by atoms with E-state index in [0.717, 1.165) is 5.56 Å². The molecule has 0 aliphatic carbocycles. The number of rotatable bonds is 1. The first kappa shape index (κ1) is 12.6. The molecule has 1 aromatic carbocycles. The monoisotopic (exact) mass is 245 g/mol. The summed E-state index contributed by atoms with van der Waals surface area (Å²) in [5.41, 5.74) is 7.07. The van der Waals surface area contributed by atoms with Gasteiger partial charge in [-0.05, 0) is 25.1 Å². The van der Waals surface area contributed by atoms with Crippen LogP contribution in [-0.2, 0) is 4.74 Å². The van der Waals surface area contributed by atoms with Gasteiger partial charge in [0, 0.05) is 12.7 Å². The summed E-state index contributed by atoms with van der Waals surface area (Å²) in [6.45, 7) is 2.16. The maximum absolute atomic E-state index is 11.9. The fourth-order valence-corrected chi connectivity index (χ4v) is 1.78. The summed E-state index contributed by atoms with van der Waals surface area (Å²) >= 11 is 0. The molecule has 2 N–H and O–H groups in total. The lowest BCUT2D eigenvalue weighted by Gasteiger charge is -2.27. The molecule has 94 valence electrons. The van der Waals surface area contributed by atoms with E-state index in [1.165, 1.54) is 0 Å². The Morgan fingerprint density at radius 3 is 3.00 bits per heavy atom. The largest absolute Gasteiger partial charge is 0.488 e. The molecular formula is C14H15NO3. The van der Waals surface area contributed by atoms with Crippen LogP contribution in [0, 0.1) is 11.8 Å². The molecule has 0 saturated carbocycles. The van der Waals surface area contributed by atoms with Gasteiger partial charge in [-0.1, -0.05) is 11.8 Å². The van der Waals surface area contributed by atoms with Crippen molar-refractivity contribution in [3.63, 3.8) is 0 Å². The SMILES string of the molecule is COCC#Cc1ccc2c(c1)OC(C)C(N)C2=O. The maximum atomic E-state index is 11.9. The van der Waals surface area contributed by atoms with E-state index in [-0.39, 0.29) is 11.9 Å². The summed E-state index contributed by atoms with van der Waals surface area (Å²) in [6, 6.07) is 4.66. The van der Waals surface area contributed by atoms with Gasteiger partial charge in [0.15, 0.2) is 5.78 Å². The minimum Gasteiger partial charge on any atom is -0.488 e. The van der Waals surface area contributed by atoms with Gasteiger partial charge in [0.05, 0.1) is 5.56 Å². The van der Waals surface area contributed by atoms with E-state index < -0.39 is 6.04 Å². The van der Waals surface area contributed by atoms with Crippen LogP contribution < -0.4 is 10.5 Å². The third-order valence-corrected chi connectivity index (χ3v) is 2.82. The summed E-state index contributed by atoms with van der Waals surface area (Å²) in [5.74, 6) is 6.26. The molecule has 2 unspecified atom stereocenters. The van der Waals surface area contributed by atoms with Crippen molar-refractivity contribution in [2.24, 2.45) is 5.73 Å². The zero-order valence-corrected chi connectivity index (χ0v) is 10.4. The molecule has 0 fully saturated rings. The zero-order valence-electron chi connectivity index (χ0n) is 10.4. The number of nitrogens with two attached hydrogens (primary N) is 1. The lowest BCUT2D eigenvalue weighted by atomic mass is 9.96. The number of fused-ring (bicyclic) bond motifs is 1. The molecule has 4 nitrogen and oxygen atoms in total. The molecule has 2 rings (SSSR count). The Bertz CT molecular complexity index is 528. The highest BCUT2D eigenvalue weighted by atomic mass is 16.5. The topological polar surface area (TPSA) is 61.6 Å². The lowest BCUT2D eigenvalue weighted by molar-refractivity contribution is 0.0817. The second-order valence-corrected chi connectivity index (χ2v) is 4.16. The van der Waals surface area contributed by atoms with Gasteiger partial charge in [-0.3, -0.25) is 4.79 Å². The Morgan fingerprint density at radius 2 is 2.28 bits per heavy atom. The average molecular weight is 245 g/mol. The second kappa shape index (κ2) is 5.21. The molecule has 18 heavy (non-hydrogen) atoms. The minimum absolute atomic E-state index is 0.0832. The number of benzene rings is 1. The van der Waals surface area contributed by atoms with E-state index in [4.69, 9.17) is 15.2 Å². The molecule has 0 saturated heterocycles. The molecule has 0 amide bonds. The van der Waals surface area contributed by atoms with Crippen LogP contribution in [-0.4, -0.2) is 31.6 Å². The Morgan fingerprint density at radius 1 is 1.50 bits per heavy atom. The van der Waals surface area contributed by atoms with Crippen LogP contribution >= 0.6 is 0 Å². The van der Waals surface area contributed by atoms with Crippen molar-refractivity contribution < 1.29 is 14.3 Å². The fourth-order valence-electron chi connectivity index (χ4n) is 1.78. The second-order valence-electron chi connectivity index (χ2n) is 4.16. The number of methoxy groups -OCH3 is 1. The van der Waals surface area contributed by atoms with Crippen LogP contribution in [0.1, 0.15) is 22.8 Å². The average Bonchev–Trinajstić information content (AvgIpc) is 2.36. The number of hydrogen-bond acceptors (Lipinski definition) is 4. The van der Waals surface area contributed by atoms with Gasteiger partial charge >= 0.3 is 0 Å². The Hall–Kier alpha value is -1.83. The molecule has 0 spiro atoms. The Labute approximate surface area is 106 Å². The molecule has 0 aromatic heterocycles. The van der Waals surface area contributed by atoms with Crippen LogP contribution in [0.3, 0.4) is 0 Å². The highest BCUT2D eigenvalue weighted by molar-refractivity contribution is 6.03. The van der Waals surface area contributed by atoms with Gasteiger partial charge in [-0.15, -0.1) is 0 Å². The van der Waals surface area contributed by atoms with E-state index in [1.54, 1.807) is 32.2 Å². The third-order valence-electron chi connectivity index (χ3n) is 2.82. The predicted octanol–water partition coefficient (Wildman–Crippen LogP) is 0.975. The van der Waals surface area contributed by atoms with Crippen LogP contribution in [0.2, 0.25) is 0 Å². The third kappa shape index (κ3) is 2.37. The highest BCUT2D eigenvalue weighted by Gasteiger charge is 2.31. The van der Waals surface area contributed by atoms with Gasteiger partial charge in [-0.2, -0.15) is 0 Å². The van der Waals surface area contributed by atoms with E-state index in [9.17, 15) is 4.79 Å². The number of ether oxygens (including phenoxy) is 2. The van der Waals surface area contributed by atoms with Crippen molar-refractivity contribution in [1.82, 2.24) is 0 Å². The lowest BCUT2D eigenvalue weighted by Crippen LogP contribution is -2.46. The van der Waals surface area contributed by atoms with Gasteiger partial charge < -0.3 is 15.2 Å². The van der Waals surface area contributed by atoms with Crippen LogP contribution in [0.5, 0.6) is 5.75 Å². The normalized spacial score (nSPS) is 21.6. The summed E-state index contributed by atoms with van der Waals surface area (Å²) in [7, 11) is 1.59. The first-order chi connectivity index (χ1) is 8.63. The smallest absolute Gasteiger partial charge is 0.187 e. The number of Topliss-reactive ketones (excluding diaryl/α,β-unsaturated/α-hetero) is 1. The molecule has 0 radical (unpaired) electrons. The molecule has 1 heterocycles. The van der Waals surface area contributed by atoms with Gasteiger partial charge in [-0.25, -0.2) is 0 Å². The van der Waals surface area contributed by atoms with Crippen molar-refractivity contribution in [3.8, 4) is 17.6 Å². The standard InChI is InChI=1S/C14H15NO3/c1-9-13(15)14(16)11-6-5-10(4-3-7-17-2)8-12(11)18-9/h5-6,8-9,13H,7,15H2,1-2H3. The molecule has 1 aromatic rings. The summed E-state index contributed by atoms with van der Waals surface area (Å²) in [6.07, 6.45) is -0.313. The minimum atomic E-state index is -0.595. The molecular weight excluding hydrogens is 230 g/mol. The molecule has 1 aliphatic rings. The van der Waals surface area contributed by atoms with Crippen molar-refractivity contribution in [2.75, 3.05) is 13.7 Å². The maximum Gasteiger partial charge on any atom is 0.187 e. The zero-order chi connectivity index (χ0) is 13.1. The fraction of sp³-hybridized carbons (Fsp3) is 0.357. The van der Waals surface area contributed by atoms with Crippen LogP contribution in [0.25, 0.3) is 0 Å². The van der Waals surface area contributed by atoms with Crippen molar-refractivity contribution in [1.29, 1.82) is 0 Å². The molecule has 0 bridgehead atoms. The molecule has 1 aliphatic heterocycles. The van der Waals surface area contributed by atoms with E-state index in [2.05, 4.69) is 11.8 Å². The Balaban J connectivity index is 2.31. The first-order valence-corrected chi connectivity index (χ1v) is 5.72. The summed E-state index contributed by atoms with van der Waals surface area (Å²) < 4.78 is 10.5. The highest BCUT2D eigenvalue weighted by Crippen LogP contribution is 2.27. The number of ketones is 1. The summed E-state index contributed by atoms with van der Waals surface area (Å²) in [5, 5.41) is 0. The predicted molar refractivity (Wildman–Crippen MR) is 67.6 cm³/mol. The molecule has 4 heteroatoms. The van der Waals surface area contributed by atoms with Gasteiger partial charge in [0.2, 0.25) is 0 Å². The quantitative estimate of drug-likeness (QED) is 0.749. The van der Waals surface area contributed by atoms with Crippen LogP contribution in [0.4, 0.5) is 0 Å². The number of carbonyl (C=O) groups excluding carboxylic acids is 1. The number of carbonyl (C=O) groups is 1. The van der Waals surface area contributed by atoms with E-state index >= 15 is 0 Å². The molecule has 2 atom stereocenters. The van der Waals surface area contributed by atoms with E-state index in [0.29, 0.717) is 17.9 Å². The van der Waals surface area contributed by atoms with E-state index in [1.807, 2.05) is 0 Å². The first-order valence-electron chi connectivity index (χ1n) is 5.72. The van der Waals surface area contributed by atoms with Crippen molar-refractivity contribution in [2.45, 2.75) is 19.1 Å². The van der Waals surface area contributed by atoms with Crippen molar-refractivity contribution in [3.05, 3.63) is 29.3 Å². The Kier molecular flexibility index (Phi) is 3.66. The van der Waals surface area contributed by atoms with Crippen molar-refractivity contribution >= 4 is 5.78 Å².